The molecule has 0 aromatic heterocycles. The average Bonchev–Trinajstić information content (AvgIpc) is 3.46. The molecule has 5 rings (SSSR count). The molecule has 2 aliphatic rings. The molecule has 0 amide bonds. The molecule has 195 valence electrons. The molecule has 0 heterocycles. The number of halogens is 2. The van der Waals surface area contributed by atoms with E-state index in [0.717, 1.165) is 12.8 Å². The fourth-order valence-electron chi connectivity index (χ4n) is 6.00. The van der Waals surface area contributed by atoms with E-state index in [-0.39, 0.29) is 35.6 Å². The van der Waals surface area contributed by atoms with Gasteiger partial charge >= 0.3 is 218 Å². The van der Waals surface area contributed by atoms with Crippen LogP contribution in [-0.4, -0.2) is 3.71 Å². The smallest absolute Gasteiger partial charge is 0.147 e. The van der Waals surface area contributed by atoms with Crippen LogP contribution in [0.15, 0.2) is 82.2 Å². The molecule has 0 aliphatic heterocycles. The summed E-state index contributed by atoms with van der Waals surface area (Å²) in [5.74, 6) is 0. The second kappa shape index (κ2) is 10.9. The van der Waals surface area contributed by atoms with Crippen molar-refractivity contribution in [2.75, 3.05) is 0 Å². The number of rotatable bonds is 3. The Hall–Kier alpha value is -1.53. The van der Waals surface area contributed by atoms with Crippen molar-refractivity contribution < 1.29 is 19.8 Å². The summed E-state index contributed by atoms with van der Waals surface area (Å²) in [7, 11) is 0. The van der Waals surface area contributed by atoms with Crippen molar-refractivity contribution in [1.29, 1.82) is 0 Å². The molecule has 0 bridgehead atoms. The van der Waals surface area contributed by atoms with Crippen molar-refractivity contribution in [2.45, 2.75) is 69.8 Å². The van der Waals surface area contributed by atoms with Crippen molar-refractivity contribution in [1.82, 2.24) is 0 Å². The number of allylic oxidation sites excluding steroid dienone is 4. The Morgan fingerprint density at radius 2 is 1.46 bits per heavy atom. The van der Waals surface area contributed by atoms with Crippen molar-refractivity contribution in [3.8, 4) is 11.1 Å². The largest absolute Gasteiger partial charge is 0.147 e. The number of fused-ring (bicyclic) bond motifs is 3. The predicted molar refractivity (Wildman–Crippen MR) is 166 cm³/mol. The molecule has 0 fully saturated rings. The second-order valence-electron chi connectivity index (χ2n) is 12.6. The van der Waals surface area contributed by atoms with Crippen LogP contribution in [-0.2, 0) is 37.0 Å². The molecule has 3 heteroatoms. The van der Waals surface area contributed by atoms with Crippen LogP contribution in [0.1, 0.15) is 75.8 Å². The maximum atomic E-state index is 2.72. The Labute approximate surface area is 241 Å². The molecule has 0 N–H and O–H groups in total. The Bertz CT molecular complexity index is 1410. The Balaban J connectivity index is 0.00000190. The topological polar surface area (TPSA) is 0 Å². The van der Waals surface area contributed by atoms with Crippen LogP contribution in [0.4, 0.5) is 0 Å². The maximum Gasteiger partial charge on any atom is -0.147 e. The quantitative estimate of drug-likeness (QED) is 0.217. The molecule has 1 unspecified atom stereocenters. The number of hydrogen-bond donors (Lipinski definition) is 0. The van der Waals surface area contributed by atoms with E-state index in [1.165, 1.54) is 27.8 Å². The van der Waals surface area contributed by atoms with E-state index in [2.05, 4.69) is 129 Å². The first-order chi connectivity index (χ1) is 16.5. The van der Waals surface area contributed by atoms with Crippen LogP contribution in [0.5, 0.6) is 0 Å². The monoisotopic (exact) mass is 609 g/mol. The Kier molecular flexibility index (Phi) is 8.86. The van der Waals surface area contributed by atoms with Gasteiger partial charge in [0.25, 0.3) is 0 Å². The molecule has 3 aromatic carbocycles. The van der Waals surface area contributed by atoms with Crippen molar-refractivity contribution >= 4 is 31.8 Å². The minimum Gasteiger partial charge on any atom is -0.147 e. The fraction of sp³-hybridized carbons (Fsp3) is 0.324. The van der Waals surface area contributed by atoms with Crippen LogP contribution in [0.3, 0.4) is 0 Å². The minimum atomic E-state index is -3.17. The molecule has 0 saturated carbocycles. The van der Waals surface area contributed by atoms with Gasteiger partial charge in [-0.3, -0.25) is 0 Å². The molecule has 0 saturated heterocycles. The third kappa shape index (κ3) is 5.61. The molecule has 0 nitrogen and oxygen atoms in total. The fourth-order valence-corrected chi connectivity index (χ4v) is 16.7. The van der Waals surface area contributed by atoms with Gasteiger partial charge in [0.1, 0.15) is 0 Å². The minimum absolute atomic E-state index is 0. The number of hydrogen-bond acceptors (Lipinski definition) is 0. The molecular weight excluding hydrogens is 571 g/mol. The van der Waals surface area contributed by atoms with Crippen LogP contribution in [0.25, 0.3) is 11.1 Å². The summed E-state index contributed by atoms with van der Waals surface area (Å²) in [5, 5.41) is 0. The summed E-state index contributed by atoms with van der Waals surface area (Å²) >= 11 is -3.17. The van der Waals surface area contributed by atoms with Gasteiger partial charge in [-0.25, -0.2) is 0 Å². The van der Waals surface area contributed by atoms with Crippen LogP contribution in [0.2, 0.25) is 4.63 Å². The van der Waals surface area contributed by atoms with Crippen LogP contribution >= 0.6 is 24.8 Å². The van der Waals surface area contributed by atoms with E-state index in [9.17, 15) is 0 Å². The third-order valence-corrected chi connectivity index (χ3v) is 18.3. The van der Waals surface area contributed by atoms with Gasteiger partial charge in [-0.2, -0.15) is 0 Å². The van der Waals surface area contributed by atoms with Gasteiger partial charge in [0.2, 0.25) is 0 Å². The summed E-state index contributed by atoms with van der Waals surface area (Å²) in [6, 6.07) is 23.2. The third-order valence-electron chi connectivity index (χ3n) is 7.96. The SMILES string of the molecule is CC(C)(C)c1ccc2c(c1)Cc1c-2ccc(C(C)(C)C)[c]1[Zr]([CH3])(=[CH]c1ccccc1)[C]1=CC=CC1.Cl.Cl. The summed E-state index contributed by atoms with van der Waals surface area (Å²) in [5.41, 5.74) is 10.7. The van der Waals surface area contributed by atoms with Gasteiger partial charge in [0.05, 0.1) is 0 Å². The zero-order valence-corrected chi connectivity index (χ0v) is 27.4. The van der Waals surface area contributed by atoms with E-state index in [4.69, 9.17) is 0 Å². The zero-order chi connectivity index (χ0) is 25.0. The van der Waals surface area contributed by atoms with E-state index >= 15 is 0 Å². The molecule has 3 aromatic rings. The summed E-state index contributed by atoms with van der Waals surface area (Å²) < 4.78 is 8.79. The second-order valence-corrected chi connectivity index (χ2v) is 22.1. The van der Waals surface area contributed by atoms with Crippen LogP contribution < -0.4 is 3.27 Å². The van der Waals surface area contributed by atoms with E-state index < -0.39 is 19.8 Å². The first-order valence-electron chi connectivity index (χ1n) is 13.1. The van der Waals surface area contributed by atoms with E-state index in [1.807, 2.05) is 0 Å². The first kappa shape index (κ1) is 30.0. The van der Waals surface area contributed by atoms with Gasteiger partial charge < -0.3 is 0 Å². The molecule has 37 heavy (non-hydrogen) atoms. The van der Waals surface area contributed by atoms with Crippen molar-refractivity contribution in [2.24, 2.45) is 0 Å². The maximum absolute atomic E-state index is 3.17. The first-order valence-corrected chi connectivity index (χ1v) is 19.4. The Morgan fingerprint density at radius 1 is 0.784 bits per heavy atom. The van der Waals surface area contributed by atoms with Crippen molar-refractivity contribution in [3.05, 3.63) is 110 Å². The van der Waals surface area contributed by atoms with Gasteiger partial charge in [-0.05, 0) is 0 Å². The van der Waals surface area contributed by atoms with E-state index in [0.29, 0.717) is 0 Å². The van der Waals surface area contributed by atoms with E-state index in [1.54, 1.807) is 17.7 Å². The van der Waals surface area contributed by atoms with Gasteiger partial charge in [-0.15, -0.1) is 24.8 Å². The zero-order valence-electron chi connectivity index (χ0n) is 23.3. The van der Waals surface area contributed by atoms with Gasteiger partial charge in [-0.1, -0.05) is 0 Å². The summed E-state index contributed by atoms with van der Waals surface area (Å²) in [6.07, 6.45) is 9.25. The van der Waals surface area contributed by atoms with Gasteiger partial charge in [0.15, 0.2) is 0 Å². The average molecular weight is 612 g/mol. The van der Waals surface area contributed by atoms with Crippen molar-refractivity contribution in [3.63, 3.8) is 0 Å². The van der Waals surface area contributed by atoms with Gasteiger partial charge in [0, 0.05) is 0 Å². The molecule has 2 aliphatic carbocycles. The molecular formula is C34H41Cl2Zr. The normalized spacial score (nSPS) is 15.6. The molecule has 1 atom stereocenters. The predicted octanol–water partition coefficient (Wildman–Crippen LogP) is 9.22. The standard InChI is InChI=1S/C21H25.C7H6.C5H5.CH3.2ClH.Zr/c1-20(2,3)16-7-9-18-14(12-16)11-15-13-17(21(4,5)6)8-10-19(15)18;1-7-5-3-2-4-6-7;1-2-4-5-3-1;;;;/h7-10,12H,11H2,1-6H3;1-6H;1-3H,4H2;1H3;2*1H;. The molecule has 0 radical (unpaired) electrons. The number of benzene rings is 3. The Morgan fingerprint density at radius 3 is 2.05 bits per heavy atom. The summed E-state index contributed by atoms with van der Waals surface area (Å²) in [4.78, 5) is 0. The summed E-state index contributed by atoms with van der Waals surface area (Å²) in [6.45, 7) is 14.2. The molecule has 0 spiro atoms. The van der Waals surface area contributed by atoms with Crippen LogP contribution in [0, 0.1) is 0 Å².